The number of hydrogen-bond donors (Lipinski definition) is 2. The van der Waals surface area contributed by atoms with Crippen LogP contribution in [-0.4, -0.2) is 34.9 Å². The third-order valence-corrected chi connectivity index (χ3v) is 4.17. The number of carbonyl (C=O) groups is 1. The molecule has 150 valence electrons. The molecule has 1 heterocycles. The van der Waals surface area contributed by atoms with E-state index in [1.54, 1.807) is 55.6 Å². The smallest absolute Gasteiger partial charge is 0.338 e. The molecular formula is C21H22N4O4. The number of benzene rings is 2. The number of unbranched alkanes of at least 4 members (excludes halogenated alkanes) is 1. The van der Waals surface area contributed by atoms with Gasteiger partial charge in [0, 0.05) is 11.3 Å². The molecule has 0 bridgehead atoms. The fourth-order valence-electron chi connectivity index (χ4n) is 2.55. The number of rotatable bonds is 8. The van der Waals surface area contributed by atoms with E-state index in [9.17, 15) is 9.59 Å². The van der Waals surface area contributed by atoms with Crippen LogP contribution >= 0.6 is 0 Å². The summed E-state index contributed by atoms with van der Waals surface area (Å²) in [4.78, 5) is 26.9. The molecule has 0 aliphatic rings. The summed E-state index contributed by atoms with van der Waals surface area (Å²) in [5, 5.41) is 11.0. The number of nitrogens with zero attached hydrogens (tertiary/aromatic N) is 2. The monoisotopic (exact) mass is 394 g/mol. The molecule has 29 heavy (non-hydrogen) atoms. The lowest BCUT2D eigenvalue weighted by atomic mass is 10.1. The summed E-state index contributed by atoms with van der Waals surface area (Å²) >= 11 is 0. The third-order valence-electron chi connectivity index (χ3n) is 4.17. The van der Waals surface area contributed by atoms with Crippen LogP contribution in [0.4, 0.5) is 11.6 Å². The number of H-pyrrole nitrogens is 1. The van der Waals surface area contributed by atoms with Crippen molar-refractivity contribution >= 4 is 17.6 Å². The molecule has 0 atom stereocenters. The first kappa shape index (κ1) is 20.1. The summed E-state index contributed by atoms with van der Waals surface area (Å²) in [6.07, 6.45) is 1.80. The minimum atomic E-state index is -0.371. The molecule has 0 spiro atoms. The number of ether oxygens (including phenoxy) is 2. The molecule has 2 aromatic carbocycles. The summed E-state index contributed by atoms with van der Waals surface area (Å²) < 4.78 is 10.3. The van der Waals surface area contributed by atoms with E-state index in [2.05, 4.69) is 20.5 Å². The van der Waals surface area contributed by atoms with Crippen LogP contribution in [0.1, 0.15) is 30.1 Å². The molecular weight excluding hydrogens is 372 g/mol. The Morgan fingerprint density at radius 2 is 1.79 bits per heavy atom. The van der Waals surface area contributed by atoms with E-state index in [1.165, 1.54) is 0 Å². The van der Waals surface area contributed by atoms with Crippen molar-refractivity contribution < 1.29 is 14.3 Å². The summed E-state index contributed by atoms with van der Waals surface area (Å²) in [7, 11) is 1.57. The zero-order valence-electron chi connectivity index (χ0n) is 16.3. The highest BCUT2D eigenvalue weighted by Crippen LogP contribution is 2.18. The average molecular weight is 394 g/mol. The predicted molar refractivity (Wildman–Crippen MR) is 110 cm³/mol. The molecule has 8 heteroatoms. The number of methoxy groups -OCH3 is 1. The lowest BCUT2D eigenvalue weighted by Crippen LogP contribution is -2.15. The number of aromatic amines is 1. The molecule has 2 N–H and O–H groups in total. The zero-order valence-corrected chi connectivity index (χ0v) is 16.3. The second-order valence-electron chi connectivity index (χ2n) is 6.27. The molecule has 0 unspecified atom stereocenters. The normalized spacial score (nSPS) is 10.4. The minimum absolute atomic E-state index is 0.200. The standard InChI is InChI=1S/C21H22N4O4/c1-3-4-13-29-20(27)15-5-9-16(10-6-15)22-21-23-19(26)18(24-25-21)14-7-11-17(28-2)12-8-14/h5-12H,3-4,13H2,1-2H3,(H2,22,23,25,26). The van der Waals surface area contributed by atoms with E-state index in [-0.39, 0.29) is 23.2 Å². The first-order valence-electron chi connectivity index (χ1n) is 9.26. The van der Waals surface area contributed by atoms with Gasteiger partial charge in [-0.25, -0.2) is 4.79 Å². The maximum Gasteiger partial charge on any atom is 0.338 e. The van der Waals surface area contributed by atoms with Crippen molar-refractivity contribution in [1.82, 2.24) is 15.2 Å². The second kappa shape index (κ2) is 9.50. The Morgan fingerprint density at radius 3 is 2.41 bits per heavy atom. The van der Waals surface area contributed by atoms with Crippen molar-refractivity contribution in [1.29, 1.82) is 0 Å². The Morgan fingerprint density at radius 1 is 1.07 bits per heavy atom. The number of anilines is 2. The van der Waals surface area contributed by atoms with Crippen molar-refractivity contribution in [3.8, 4) is 17.0 Å². The third kappa shape index (κ3) is 5.19. The van der Waals surface area contributed by atoms with Gasteiger partial charge < -0.3 is 14.8 Å². The van der Waals surface area contributed by atoms with Gasteiger partial charge in [-0.3, -0.25) is 9.78 Å². The van der Waals surface area contributed by atoms with Crippen LogP contribution < -0.4 is 15.6 Å². The van der Waals surface area contributed by atoms with Crippen molar-refractivity contribution in [2.24, 2.45) is 0 Å². The number of aromatic nitrogens is 3. The molecule has 0 aliphatic carbocycles. The van der Waals surface area contributed by atoms with Crippen LogP contribution in [0.2, 0.25) is 0 Å². The molecule has 0 radical (unpaired) electrons. The fourth-order valence-corrected chi connectivity index (χ4v) is 2.55. The van der Waals surface area contributed by atoms with Crippen molar-refractivity contribution in [3.63, 3.8) is 0 Å². The number of carbonyl (C=O) groups excluding carboxylic acids is 1. The number of esters is 1. The van der Waals surface area contributed by atoms with Crippen LogP contribution in [0.25, 0.3) is 11.3 Å². The highest BCUT2D eigenvalue weighted by molar-refractivity contribution is 5.89. The SMILES string of the molecule is CCCCOC(=O)c1ccc(Nc2nnc(-c3ccc(OC)cc3)c(=O)[nH]2)cc1. The maximum atomic E-state index is 12.4. The predicted octanol–water partition coefficient (Wildman–Crippen LogP) is 3.54. The van der Waals surface area contributed by atoms with Gasteiger partial charge in [-0.15, -0.1) is 10.2 Å². The van der Waals surface area contributed by atoms with Gasteiger partial charge in [-0.1, -0.05) is 13.3 Å². The first-order chi connectivity index (χ1) is 14.1. The lowest BCUT2D eigenvalue weighted by molar-refractivity contribution is 0.0500. The van der Waals surface area contributed by atoms with Gasteiger partial charge in [-0.05, 0) is 55.0 Å². The van der Waals surface area contributed by atoms with E-state index in [1.807, 2.05) is 6.92 Å². The van der Waals surface area contributed by atoms with Gasteiger partial charge in [0.15, 0.2) is 5.69 Å². The molecule has 0 saturated heterocycles. The van der Waals surface area contributed by atoms with E-state index < -0.39 is 0 Å². The van der Waals surface area contributed by atoms with Crippen LogP contribution in [0, 0.1) is 0 Å². The van der Waals surface area contributed by atoms with Gasteiger partial charge in [0.05, 0.1) is 19.3 Å². The summed E-state index contributed by atoms with van der Waals surface area (Å²) in [6.45, 7) is 2.44. The Hall–Kier alpha value is -3.68. The minimum Gasteiger partial charge on any atom is -0.497 e. The average Bonchev–Trinajstić information content (AvgIpc) is 2.75. The Balaban J connectivity index is 1.68. The molecule has 8 nitrogen and oxygen atoms in total. The number of nitrogens with one attached hydrogen (secondary N) is 2. The molecule has 0 fully saturated rings. The van der Waals surface area contributed by atoms with Gasteiger partial charge in [0.1, 0.15) is 5.75 Å². The first-order valence-corrected chi connectivity index (χ1v) is 9.26. The van der Waals surface area contributed by atoms with Gasteiger partial charge in [0.25, 0.3) is 5.56 Å². The summed E-state index contributed by atoms with van der Waals surface area (Å²) in [5.41, 5.74) is 1.59. The van der Waals surface area contributed by atoms with Crippen LogP contribution in [0.15, 0.2) is 53.3 Å². The number of hydrogen-bond acceptors (Lipinski definition) is 7. The zero-order chi connectivity index (χ0) is 20.6. The molecule has 0 amide bonds. The summed E-state index contributed by atoms with van der Waals surface area (Å²) in [6, 6.07) is 13.7. The molecule has 3 rings (SSSR count). The van der Waals surface area contributed by atoms with Crippen LogP contribution in [-0.2, 0) is 4.74 Å². The topological polar surface area (TPSA) is 106 Å². The van der Waals surface area contributed by atoms with Crippen LogP contribution in [0.3, 0.4) is 0 Å². The van der Waals surface area contributed by atoms with Gasteiger partial charge in [-0.2, -0.15) is 0 Å². The van der Waals surface area contributed by atoms with Crippen molar-refractivity contribution in [2.45, 2.75) is 19.8 Å². The lowest BCUT2D eigenvalue weighted by Gasteiger charge is -2.07. The molecule has 0 aliphatic heterocycles. The maximum absolute atomic E-state index is 12.4. The van der Waals surface area contributed by atoms with Crippen molar-refractivity contribution in [3.05, 3.63) is 64.4 Å². The van der Waals surface area contributed by atoms with E-state index in [4.69, 9.17) is 9.47 Å². The largest absolute Gasteiger partial charge is 0.497 e. The van der Waals surface area contributed by atoms with E-state index in [0.717, 1.165) is 12.8 Å². The Kier molecular flexibility index (Phi) is 6.57. The highest BCUT2D eigenvalue weighted by atomic mass is 16.5. The molecule has 0 saturated carbocycles. The molecule has 3 aromatic rings. The molecule has 1 aromatic heterocycles. The van der Waals surface area contributed by atoms with Gasteiger partial charge >= 0.3 is 5.97 Å². The van der Waals surface area contributed by atoms with Crippen molar-refractivity contribution in [2.75, 3.05) is 19.0 Å². The van der Waals surface area contributed by atoms with Gasteiger partial charge in [0.2, 0.25) is 5.95 Å². The fraction of sp³-hybridized carbons (Fsp3) is 0.238. The van der Waals surface area contributed by atoms with E-state index in [0.29, 0.717) is 29.2 Å². The Bertz CT molecular complexity index is 1010. The quantitative estimate of drug-likeness (QED) is 0.444. The highest BCUT2D eigenvalue weighted by Gasteiger charge is 2.09. The second-order valence-corrected chi connectivity index (χ2v) is 6.27. The van der Waals surface area contributed by atoms with E-state index >= 15 is 0 Å². The summed E-state index contributed by atoms with van der Waals surface area (Å²) in [5.74, 6) is 0.529. The van der Waals surface area contributed by atoms with Crippen LogP contribution in [0.5, 0.6) is 5.75 Å². The Labute approximate surface area is 167 Å².